The molecule has 3 unspecified atom stereocenters. The lowest BCUT2D eigenvalue weighted by atomic mass is 9.55. The second-order valence-electron chi connectivity index (χ2n) is 7.37. The zero-order valence-corrected chi connectivity index (χ0v) is 13.5. The van der Waals surface area contributed by atoms with Crippen LogP contribution in [0.25, 0.3) is 0 Å². The third-order valence-electron chi connectivity index (χ3n) is 5.92. The Morgan fingerprint density at radius 1 is 1.21 bits per heavy atom. The molecule has 3 atom stereocenters. The normalized spacial score (nSPS) is 39.6. The quantitative estimate of drug-likeness (QED) is 0.854. The molecule has 2 aliphatic carbocycles. The third-order valence-corrected chi connectivity index (χ3v) is 7.34. The van der Waals surface area contributed by atoms with Crippen LogP contribution in [0.4, 0.5) is 0 Å². The molecule has 1 aliphatic heterocycles. The maximum absolute atomic E-state index is 6.00. The summed E-state index contributed by atoms with van der Waals surface area (Å²) in [7, 11) is 0. The van der Waals surface area contributed by atoms with E-state index in [9.17, 15) is 0 Å². The standard InChI is InChI=1S/C16H29NOS/c1-15(2)13(12-7-6-10-18-14(12)15)17-11-16(19-3)8-4-5-9-16/h12-14,17H,4-11H2,1-3H3. The molecule has 1 N–H and O–H groups in total. The summed E-state index contributed by atoms with van der Waals surface area (Å²) >= 11 is 2.09. The zero-order valence-electron chi connectivity index (χ0n) is 12.7. The second-order valence-corrected chi connectivity index (χ2v) is 8.65. The molecule has 0 aromatic heterocycles. The minimum atomic E-state index is 0.323. The fourth-order valence-electron chi connectivity index (χ4n) is 4.71. The first-order valence-electron chi connectivity index (χ1n) is 7.99. The molecule has 0 aromatic rings. The molecule has 110 valence electrons. The molecule has 0 spiro atoms. The summed E-state index contributed by atoms with van der Waals surface area (Å²) in [6, 6.07) is 0.669. The molecule has 0 radical (unpaired) electrons. The highest BCUT2D eigenvalue weighted by molar-refractivity contribution is 8.00. The van der Waals surface area contributed by atoms with Gasteiger partial charge in [-0.2, -0.15) is 11.8 Å². The maximum Gasteiger partial charge on any atom is 0.0684 e. The van der Waals surface area contributed by atoms with Crippen LogP contribution in [-0.2, 0) is 4.74 Å². The van der Waals surface area contributed by atoms with E-state index in [0.717, 1.165) is 12.5 Å². The Bertz CT molecular complexity index is 325. The van der Waals surface area contributed by atoms with E-state index in [2.05, 4.69) is 37.2 Å². The Morgan fingerprint density at radius 3 is 2.63 bits per heavy atom. The monoisotopic (exact) mass is 283 g/mol. The Balaban J connectivity index is 1.60. The van der Waals surface area contributed by atoms with Crippen molar-refractivity contribution >= 4 is 11.8 Å². The summed E-state index contributed by atoms with van der Waals surface area (Å²) in [4.78, 5) is 0. The van der Waals surface area contributed by atoms with Crippen LogP contribution >= 0.6 is 11.8 Å². The number of fused-ring (bicyclic) bond motifs is 1. The van der Waals surface area contributed by atoms with Gasteiger partial charge < -0.3 is 10.1 Å². The van der Waals surface area contributed by atoms with Gasteiger partial charge in [0.05, 0.1) is 6.10 Å². The van der Waals surface area contributed by atoms with Gasteiger partial charge in [-0.1, -0.05) is 26.7 Å². The average Bonchev–Trinajstić information content (AvgIpc) is 2.88. The molecule has 3 rings (SSSR count). The maximum atomic E-state index is 6.00. The van der Waals surface area contributed by atoms with E-state index >= 15 is 0 Å². The average molecular weight is 283 g/mol. The van der Waals surface area contributed by atoms with Crippen LogP contribution < -0.4 is 5.32 Å². The van der Waals surface area contributed by atoms with Crippen molar-refractivity contribution in [2.75, 3.05) is 19.4 Å². The lowest BCUT2D eigenvalue weighted by Crippen LogP contribution is -2.70. The lowest BCUT2D eigenvalue weighted by Gasteiger charge is -2.60. The van der Waals surface area contributed by atoms with E-state index in [1.807, 2.05) is 0 Å². The lowest BCUT2D eigenvalue weighted by molar-refractivity contribution is -0.192. The molecule has 2 nitrogen and oxygen atoms in total. The minimum absolute atomic E-state index is 0.323. The van der Waals surface area contributed by atoms with Crippen LogP contribution in [0.3, 0.4) is 0 Å². The SMILES string of the molecule is CSC1(CNC2C3CCCOC3C2(C)C)CCCC1. The van der Waals surface area contributed by atoms with Crippen molar-refractivity contribution in [1.29, 1.82) is 0 Å². The number of rotatable bonds is 4. The molecule has 0 amide bonds. The molecule has 3 aliphatic rings. The number of ether oxygens (including phenoxy) is 1. The summed E-state index contributed by atoms with van der Waals surface area (Å²) < 4.78 is 6.52. The predicted octanol–water partition coefficient (Wildman–Crippen LogP) is 3.46. The van der Waals surface area contributed by atoms with Gasteiger partial charge in [-0.3, -0.25) is 0 Å². The minimum Gasteiger partial charge on any atom is -0.377 e. The van der Waals surface area contributed by atoms with Crippen LogP contribution in [-0.4, -0.2) is 36.3 Å². The first-order chi connectivity index (χ1) is 9.09. The van der Waals surface area contributed by atoms with Gasteiger partial charge in [-0.05, 0) is 31.9 Å². The molecular formula is C16H29NOS. The summed E-state index contributed by atoms with van der Waals surface area (Å²) in [6.07, 6.45) is 11.1. The summed E-state index contributed by atoms with van der Waals surface area (Å²) in [5.74, 6) is 0.768. The molecule has 0 aromatic carbocycles. The van der Waals surface area contributed by atoms with E-state index in [1.54, 1.807) is 0 Å². The first kappa shape index (κ1) is 14.2. The Labute approximate surface area is 122 Å². The van der Waals surface area contributed by atoms with Gasteiger partial charge in [0.2, 0.25) is 0 Å². The van der Waals surface area contributed by atoms with Gasteiger partial charge in [0.15, 0.2) is 0 Å². The first-order valence-corrected chi connectivity index (χ1v) is 9.22. The predicted molar refractivity (Wildman–Crippen MR) is 82.7 cm³/mol. The number of nitrogens with one attached hydrogen (secondary N) is 1. The number of hydrogen-bond donors (Lipinski definition) is 1. The second kappa shape index (κ2) is 5.23. The van der Waals surface area contributed by atoms with E-state index in [-0.39, 0.29) is 0 Å². The fourth-order valence-corrected chi connectivity index (χ4v) is 5.63. The molecule has 1 saturated heterocycles. The molecule has 19 heavy (non-hydrogen) atoms. The summed E-state index contributed by atoms with van der Waals surface area (Å²) in [5, 5.41) is 3.94. The van der Waals surface area contributed by atoms with Crippen molar-refractivity contribution in [1.82, 2.24) is 5.32 Å². The van der Waals surface area contributed by atoms with Crippen LogP contribution in [0.2, 0.25) is 0 Å². The van der Waals surface area contributed by atoms with Crippen LogP contribution in [0, 0.1) is 11.3 Å². The topological polar surface area (TPSA) is 21.3 Å². The molecule has 3 heteroatoms. The molecular weight excluding hydrogens is 254 g/mol. The smallest absolute Gasteiger partial charge is 0.0684 e. The van der Waals surface area contributed by atoms with Crippen molar-refractivity contribution in [3.63, 3.8) is 0 Å². The van der Waals surface area contributed by atoms with Crippen molar-refractivity contribution in [3.05, 3.63) is 0 Å². The van der Waals surface area contributed by atoms with E-state index < -0.39 is 0 Å². The van der Waals surface area contributed by atoms with Crippen molar-refractivity contribution in [2.24, 2.45) is 11.3 Å². The van der Waals surface area contributed by atoms with Gasteiger partial charge >= 0.3 is 0 Å². The number of hydrogen-bond acceptors (Lipinski definition) is 3. The van der Waals surface area contributed by atoms with E-state index in [4.69, 9.17) is 4.74 Å². The summed E-state index contributed by atoms with van der Waals surface area (Å²) in [6.45, 7) is 6.95. The van der Waals surface area contributed by atoms with E-state index in [0.29, 0.717) is 22.3 Å². The van der Waals surface area contributed by atoms with Gasteiger partial charge in [0.1, 0.15) is 0 Å². The molecule has 3 fully saturated rings. The van der Waals surface area contributed by atoms with Gasteiger partial charge in [0.25, 0.3) is 0 Å². The fraction of sp³-hybridized carbons (Fsp3) is 1.00. The molecule has 0 bridgehead atoms. The van der Waals surface area contributed by atoms with Gasteiger partial charge in [-0.15, -0.1) is 0 Å². The molecule has 2 saturated carbocycles. The van der Waals surface area contributed by atoms with E-state index in [1.165, 1.54) is 45.1 Å². The highest BCUT2D eigenvalue weighted by atomic mass is 32.2. The van der Waals surface area contributed by atoms with Crippen LogP contribution in [0.1, 0.15) is 52.4 Å². The van der Waals surface area contributed by atoms with Crippen molar-refractivity contribution in [2.45, 2.75) is 69.3 Å². The Hall–Kier alpha value is 0.270. The van der Waals surface area contributed by atoms with Crippen LogP contribution in [0.5, 0.6) is 0 Å². The van der Waals surface area contributed by atoms with Crippen molar-refractivity contribution < 1.29 is 4.74 Å². The highest BCUT2D eigenvalue weighted by Gasteiger charge is 2.57. The summed E-state index contributed by atoms with van der Waals surface area (Å²) in [5.41, 5.74) is 0.323. The largest absolute Gasteiger partial charge is 0.377 e. The van der Waals surface area contributed by atoms with Gasteiger partial charge in [0, 0.05) is 35.3 Å². The number of thioether (sulfide) groups is 1. The Kier molecular flexibility index (Phi) is 3.92. The zero-order chi connectivity index (χ0) is 13.5. The Morgan fingerprint density at radius 2 is 1.95 bits per heavy atom. The van der Waals surface area contributed by atoms with Gasteiger partial charge in [-0.25, -0.2) is 0 Å². The van der Waals surface area contributed by atoms with Crippen LogP contribution in [0.15, 0.2) is 0 Å². The third kappa shape index (κ3) is 2.36. The highest BCUT2D eigenvalue weighted by Crippen LogP contribution is 2.51. The van der Waals surface area contributed by atoms with Crippen molar-refractivity contribution in [3.8, 4) is 0 Å². The molecule has 1 heterocycles.